The van der Waals surface area contributed by atoms with Crippen LogP contribution in [-0.4, -0.2) is 39.8 Å². The molecule has 0 radical (unpaired) electrons. The van der Waals surface area contributed by atoms with Crippen molar-refractivity contribution >= 4 is 45.2 Å². The van der Waals surface area contributed by atoms with Crippen molar-refractivity contribution in [2.75, 3.05) is 25.6 Å². The summed E-state index contributed by atoms with van der Waals surface area (Å²) in [5.74, 6) is 3.36. The average Bonchev–Trinajstić information content (AvgIpc) is 3.57. The lowest BCUT2D eigenvalue weighted by atomic mass is 9.95. The molecule has 0 aromatic carbocycles. The van der Waals surface area contributed by atoms with Crippen LogP contribution in [0.4, 0.5) is 0 Å². The predicted molar refractivity (Wildman–Crippen MR) is 186 cm³/mol. The first-order valence-corrected chi connectivity index (χ1v) is 19.4. The Morgan fingerprint density at radius 1 is 0.780 bits per heavy atom. The van der Waals surface area contributed by atoms with Crippen molar-refractivity contribution < 1.29 is 14.3 Å². The fourth-order valence-corrected chi connectivity index (χ4v) is 9.11. The minimum atomic E-state index is -0.612. The number of thioether (sulfide) groups is 2. The van der Waals surface area contributed by atoms with Crippen LogP contribution >= 0.6 is 35.7 Å². The minimum Gasteiger partial charge on any atom is -0.465 e. The fraction of sp³-hybridized carbons (Fsp3) is 0.886. The van der Waals surface area contributed by atoms with Crippen molar-refractivity contribution in [3.63, 3.8) is 0 Å². The van der Waals surface area contributed by atoms with Gasteiger partial charge in [0.15, 0.2) is 0 Å². The molecule has 238 valence electrons. The highest BCUT2D eigenvalue weighted by Crippen LogP contribution is 2.43. The summed E-state index contributed by atoms with van der Waals surface area (Å²) >= 11 is 8.79. The monoisotopic (exact) mass is 626 g/mol. The number of rotatable bonds is 26. The molecule has 3 nitrogen and oxygen atoms in total. The molecule has 1 saturated carbocycles. The van der Waals surface area contributed by atoms with Gasteiger partial charge in [0.2, 0.25) is 0 Å². The molecular weight excluding hydrogens is 565 g/mol. The van der Waals surface area contributed by atoms with E-state index in [4.69, 9.17) is 21.7 Å². The Bertz CT molecular complexity index is 723. The van der Waals surface area contributed by atoms with Gasteiger partial charge in [0.1, 0.15) is 8.28 Å². The van der Waals surface area contributed by atoms with Gasteiger partial charge in [-0.2, -0.15) is 0 Å². The summed E-state index contributed by atoms with van der Waals surface area (Å²) < 4.78 is 11.8. The zero-order chi connectivity index (χ0) is 29.6. The number of hydrogen-bond donors (Lipinski definition) is 0. The van der Waals surface area contributed by atoms with E-state index >= 15 is 0 Å². The number of allylic oxidation sites excluding steroid dienone is 2. The Labute approximate surface area is 267 Å². The first kappa shape index (κ1) is 37.1. The molecule has 0 N–H and O–H groups in total. The Balaban J connectivity index is 1.32. The maximum Gasteiger partial charge on any atom is 0.322 e. The highest BCUT2D eigenvalue weighted by atomic mass is 32.2. The normalized spacial score (nSPS) is 19.7. The van der Waals surface area contributed by atoms with E-state index in [0.717, 1.165) is 53.1 Å². The van der Waals surface area contributed by atoms with E-state index < -0.39 is 4.75 Å². The number of ether oxygens (including phenoxy) is 2. The Morgan fingerprint density at radius 2 is 1.34 bits per heavy atom. The van der Waals surface area contributed by atoms with Crippen molar-refractivity contribution in [3.05, 3.63) is 12.2 Å². The molecule has 2 bridgehead atoms. The zero-order valence-corrected chi connectivity index (χ0v) is 29.3. The summed E-state index contributed by atoms with van der Waals surface area (Å²) in [5, 5.41) is 0. The predicted octanol–water partition coefficient (Wildman–Crippen LogP) is 11.3. The highest BCUT2D eigenvalue weighted by molar-refractivity contribution is 8.47. The number of hydrogen-bond acceptors (Lipinski definition) is 6. The molecular formula is C35H62O3S3. The molecule has 0 amide bonds. The number of carbonyl (C=O) groups is 1. The molecule has 1 fully saturated rings. The van der Waals surface area contributed by atoms with Crippen molar-refractivity contribution in [1.82, 2.24) is 0 Å². The number of carbonyl (C=O) groups excluding carboxylic acids is 1. The lowest BCUT2D eigenvalue weighted by molar-refractivity contribution is -0.145. The fourth-order valence-electron chi connectivity index (χ4n) is 6.05. The third-order valence-corrected chi connectivity index (χ3v) is 11.5. The topological polar surface area (TPSA) is 35.5 Å². The molecule has 41 heavy (non-hydrogen) atoms. The van der Waals surface area contributed by atoms with Gasteiger partial charge in [0, 0.05) is 13.2 Å². The Hall–Kier alpha value is -0.0400. The van der Waals surface area contributed by atoms with Gasteiger partial charge >= 0.3 is 5.97 Å². The van der Waals surface area contributed by atoms with Gasteiger partial charge in [-0.3, -0.25) is 4.79 Å². The van der Waals surface area contributed by atoms with E-state index in [1.165, 1.54) is 127 Å². The van der Waals surface area contributed by atoms with Gasteiger partial charge in [-0.15, -0.1) is 11.8 Å². The standard InChI is InChI=1S/C35H62O3S3/c1-4-5-6-7-8-9-12-15-18-21-26-40-34(39)41-35(2,3)33(36)38-25-20-17-14-11-10-13-16-19-24-37-29-32-28-30-22-23-31(32)27-30/h22-23,30-32H,4-21,24-29H2,1-3H3. The molecule has 0 saturated heterocycles. The maximum absolute atomic E-state index is 12.6. The number of thiocarbonyl (C=S) groups is 1. The summed E-state index contributed by atoms with van der Waals surface area (Å²) in [7, 11) is 0. The summed E-state index contributed by atoms with van der Waals surface area (Å²) in [6.45, 7) is 8.58. The van der Waals surface area contributed by atoms with Crippen LogP contribution in [0, 0.1) is 17.8 Å². The summed E-state index contributed by atoms with van der Waals surface area (Å²) in [6.07, 6.45) is 30.7. The van der Waals surface area contributed by atoms with Crippen molar-refractivity contribution in [2.45, 2.75) is 154 Å². The summed E-state index contributed by atoms with van der Waals surface area (Å²) in [6, 6.07) is 0. The molecule has 0 heterocycles. The first-order valence-electron chi connectivity index (χ1n) is 17.2. The third-order valence-electron chi connectivity index (χ3n) is 8.71. The van der Waals surface area contributed by atoms with Crippen LogP contribution in [0.5, 0.6) is 0 Å². The second-order valence-electron chi connectivity index (χ2n) is 13.0. The summed E-state index contributed by atoms with van der Waals surface area (Å²) in [5.41, 5.74) is 0. The van der Waals surface area contributed by atoms with E-state index in [2.05, 4.69) is 19.1 Å². The second-order valence-corrected chi connectivity index (χ2v) is 16.9. The van der Waals surface area contributed by atoms with Gasteiger partial charge in [-0.05, 0) is 69.5 Å². The molecule has 0 spiro atoms. The smallest absolute Gasteiger partial charge is 0.322 e. The van der Waals surface area contributed by atoms with E-state index in [1.807, 2.05) is 13.8 Å². The molecule has 2 aliphatic carbocycles. The van der Waals surface area contributed by atoms with E-state index in [-0.39, 0.29) is 5.97 Å². The molecule has 0 aliphatic heterocycles. The van der Waals surface area contributed by atoms with Gasteiger partial charge in [-0.1, -0.05) is 139 Å². The Kier molecular flexibility index (Phi) is 21.2. The van der Waals surface area contributed by atoms with Crippen LogP contribution < -0.4 is 0 Å². The second kappa shape index (κ2) is 23.4. The van der Waals surface area contributed by atoms with Gasteiger partial charge in [-0.25, -0.2) is 0 Å². The van der Waals surface area contributed by atoms with Crippen LogP contribution in [0.25, 0.3) is 0 Å². The molecule has 2 rings (SSSR count). The lowest BCUT2D eigenvalue weighted by Gasteiger charge is -2.22. The van der Waals surface area contributed by atoms with Crippen molar-refractivity contribution in [1.29, 1.82) is 0 Å². The van der Waals surface area contributed by atoms with E-state index in [1.54, 1.807) is 11.8 Å². The quantitative estimate of drug-likeness (QED) is 0.0411. The molecule has 3 unspecified atom stereocenters. The van der Waals surface area contributed by atoms with Gasteiger partial charge in [0.25, 0.3) is 0 Å². The number of esters is 1. The molecule has 6 heteroatoms. The SMILES string of the molecule is CCCCCCCCCCCCSC(=S)SC(C)(C)C(=O)OCCCCCCCCCCOCC1CC2C=CC1C2. The van der Waals surface area contributed by atoms with E-state index in [0.29, 0.717) is 6.61 Å². The lowest BCUT2D eigenvalue weighted by Crippen LogP contribution is -2.31. The number of unbranched alkanes of at least 4 members (excludes halogenated alkanes) is 16. The number of fused-ring (bicyclic) bond motifs is 2. The van der Waals surface area contributed by atoms with Crippen LogP contribution in [0.15, 0.2) is 12.2 Å². The van der Waals surface area contributed by atoms with Crippen LogP contribution in [0.2, 0.25) is 0 Å². The molecule has 2 aliphatic rings. The van der Waals surface area contributed by atoms with Gasteiger partial charge in [0.05, 0.1) is 6.61 Å². The van der Waals surface area contributed by atoms with E-state index in [9.17, 15) is 4.79 Å². The highest BCUT2D eigenvalue weighted by Gasteiger charge is 2.35. The molecule has 3 atom stereocenters. The average molecular weight is 627 g/mol. The molecule has 0 aromatic rings. The Morgan fingerprint density at radius 3 is 1.90 bits per heavy atom. The van der Waals surface area contributed by atoms with Crippen molar-refractivity contribution in [3.8, 4) is 0 Å². The van der Waals surface area contributed by atoms with Crippen LogP contribution in [-0.2, 0) is 14.3 Å². The molecule has 0 aromatic heterocycles. The first-order chi connectivity index (χ1) is 19.9. The summed E-state index contributed by atoms with van der Waals surface area (Å²) in [4.78, 5) is 12.6. The third kappa shape index (κ3) is 17.7. The minimum absolute atomic E-state index is 0.136. The van der Waals surface area contributed by atoms with Crippen molar-refractivity contribution in [2.24, 2.45) is 17.8 Å². The maximum atomic E-state index is 12.6. The largest absolute Gasteiger partial charge is 0.465 e. The van der Waals surface area contributed by atoms with Crippen LogP contribution in [0.3, 0.4) is 0 Å². The van der Waals surface area contributed by atoms with Crippen LogP contribution in [0.1, 0.15) is 149 Å². The zero-order valence-electron chi connectivity index (χ0n) is 26.8. The van der Waals surface area contributed by atoms with Gasteiger partial charge < -0.3 is 9.47 Å².